The summed E-state index contributed by atoms with van der Waals surface area (Å²) in [6, 6.07) is 23.6. The van der Waals surface area contributed by atoms with Gasteiger partial charge in [0.25, 0.3) is 0 Å². The molecule has 3 aromatic rings. The number of unbranched alkanes of at least 4 members (excludes halogenated alkanes) is 2. The lowest BCUT2D eigenvalue weighted by atomic mass is 9.86. The van der Waals surface area contributed by atoms with E-state index in [4.69, 9.17) is 0 Å². The molecule has 28 heavy (non-hydrogen) atoms. The van der Waals surface area contributed by atoms with Crippen molar-refractivity contribution in [2.75, 3.05) is 6.16 Å². The van der Waals surface area contributed by atoms with Gasteiger partial charge in [-0.05, 0) is 66.1 Å². The predicted molar refractivity (Wildman–Crippen MR) is 124 cm³/mol. The SMILES string of the molecule is CCCCCP=O.Cc1cc(C)c(-c2ccccc2)c(C)c1-c1ccccc1. The lowest BCUT2D eigenvalue weighted by molar-refractivity contribution is 0.596. The van der Waals surface area contributed by atoms with Crippen molar-refractivity contribution < 1.29 is 4.57 Å². The summed E-state index contributed by atoms with van der Waals surface area (Å²) in [4.78, 5) is 0. The van der Waals surface area contributed by atoms with Crippen molar-refractivity contribution >= 4 is 8.46 Å². The van der Waals surface area contributed by atoms with Gasteiger partial charge in [0.1, 0.15) is 0 Å². The highest BCUT2D eigenvalue weighted by Crippen LogP contribution is 2.36. The van der Waals surface area contributed by atoms with Gasteiger partial charge in [-0.15, -0.1) is 0 Å². The Hall–Kier alpha value is -2.24. The molecule has 0 aliphatic carbocycles. The maximum absolute atomic E-state index is 9.78. The average molecular weight is 391 g/mol. The fourth-order valence-corrected chi connectivity index (χ4v) is 4.06. The molecule has 0 aliphatic heterocycles. The van der Waals surface area contributed by atoms with Gasteiger partial charge < -0.3 is 0 Å². The fourth-order valence-electron chi connectivity index (χ4n) is 3.71. The first-order valence-corrected chi connectivity index (χ1v) is 11.1. The predicted octanol–water partition coefficient (Wildman–Crippen LogP) is 8.41. The van der Waals surface area contributed by atoms with Gasteiger partial charge in [0, 0.05) is 6.16 Å². The monoisotopic (exact) mass is 390 g/mol. The van der Waals surface area contributed by atoms with Gasteiger partial charge in [-0.1, -0.05) is 86.5 Å². The zero-order chi connectivity index (χ0) is 20.4. The minimum atomic E-state index is 0.305. The van der Waals surface area contributed by atoms with Crippen LogP contribution in [-0.2, 0) is 4.57 Å². The number of aryl methyl sites for hydroxylation is 2. The molecule has 146 valence electrons. The Kier molecular flexibility index (Phi) is 9.11. The molecule has 0 heterocycles. The molecule has 0 fully saturated rings. The van der Waals surface area contributed by atoms with E-state index in [0.717, 1.165) is 12.6 Å². The van der Waals surface area contributed by atoms with E-state index in [2.05, 4.69) is 94.4 Å². The minimum absolute atomic E-state index is 0.305. The molecule has 0 aliphatic rings. The van der Waals surface area contributed by atoms with Crippen LogP contribution in [0.2, 0.25) is 0 Å². The molecule has 0 amide bonds. The van der Waals surface area contributed by atoms with Gasteiger partial charge >= 0.3 is 0 Å². The van der Waals surface area contributed by atoms with Crippen molar-refractivity contribution in [1.29, 1.82) is 0 Å². The number of hydrogen-bond donors (Lipinski definition) is 0. The zero-order valence-electron chi connectivity index (χ0n) is 17.5. The van der Waals surface area contributed by atoms with Crippen molar-refractivity contribution in [1.82, 2.24) is 0 Å². The van der Waals surface area contributed by atoms with Crippen LogP contribution in [0, 0.1) is 20.8 Å². The summed E-state index contributed by atoms with van der Waals surface area (Å²) in [5.41, 5.74) is 9.37. The van der Waals surface area contributed by atoms with Crippen LogP contribution in [0.4, 0.5) is 0 Å². The van der Waals surface area contributed by atoms with Crippen LogP contribution < -0.4 is 0 Å². The van der Waals surface area contributed by atoms with E-state index in [0.29, 0.717) is 8.46 Å². The highest BCUT2D eigenvalue weighted by molar-refractivity contribution is 7.23. The van der Waals surface area contributed by atoms with Gasteiger partial charge in [-0.25, -0.2) is 0 Å². The molecule has 0 atom stereocenters. The quantitative estimate of drug-likeness (QED) is 0.305. The lowest BCUT2D eigenvalue weighted by Gasteiger charge is -2.18. The fraction of sp³-hybridized carbons (Fsp3) is 0.308. The van der Waals surface area contributed by atoms with E-state index >= 15 is 0 Å². The third-order valence-electron chi connectivity index (χ3n) is 4.95. The highest BCUT2D eigenvalue weighted by Gasteiger charge is 2.13. The lowest BCUT2D eigenvalue weighted by Crippen LogP contribution is -1.95. The first-order valence-electron chi connectivity index (χ1n) is 10.1. The van der Waals surface area contributed by atoms with Crippen LogP contribution in [0.25, 0.3) is 22.3 Å². The van der Waals surface area contributed by atoms with Gasteiger partial charge in [0.15, 0.2) is 8.46 Å². The van der Waals surface area contributed by atoms with Crippen molar-refractivity contribution in [3.05, 3.63) is 83.4 Å². The molecule has 0 aromatic heterocycles. The topological polar surface area (TPSA) is 17.1 Å². The summed E-state index contributed by atoms with van der Waals surface area (Å²) in [5.74, 6) is 0. The largest absolute Gasteiger partial charge is 0.275 e. The van der Waals surface area contributed by atoms with Crippen LogP contribution in [0.5, 0.6) is 0 Å². The Labute approximate surface area is 172 Å². The van der Waals surface area contributed by atoms with Crippen molar-refractivity contribution in [3.63, 3.8) is 0 Å². The van der Waals surface area contributed by atoms with Crippen LogP contribution >= 0.6 is 8.46 Å². The molecule has 3 aromatic carbocycles. The number of benzene rings is 3. The first kappa shape index (κ1) is 22.1. The Bertz CT molecular complexity index is 806. The van der Waals surface area contributed by atoms with Crippen molar-refractivity contribution in [2.45, 2.75) is 47.0 Å². The highest BCUT2D eigenvalue weighted by atomic mass is 31.1. The molecule has 0 bridgehead atoms. The average Bonchev–Trinajstić information content (AvgIpc) is 2.70. The molecule has 1 nitrogen and oxygen atoms in total. The normalized spacial score (nSPS) is 10.4. The molecule has 0 spiro atoms. The molecule has 0 saturated heterocycles. The van der Waals surface area contributed by atoms with E-state index in [-0.39, 0.29) is 0 Å². The molecule has 0 saturated carbocycles. The molecule has 2 heteroatoms. The van der Waals surface area contributed by atoms with Gasteiger partial charge in [-0.2, -0.15) is 0 Å². The van der Waals surface area contributed by atoms with Crippen molar-refractivity contribution in [3.8, 4) is 22.3 Å². The third kappa shape index (κ3) is 5.88. The van der Waals surface area contributed by atoms with Gasteiger partial charge in [0.05, 0.1) is 0 Å². The summed E-state index contributed by atoms with van der Waals surface area (Å²) in [7, 11) is 0.305. The molecule has 0 unspecified atom stereocenters. The van der Waals surface area contributed by atoms with E-state index in [1.807, 2.05) is 0 Å². The second-order valence-corrected chi connectivity index (χ2v) is 7.88. The summed E-state index contributed by atoms with van der Waals surface area (Å²) < 4.78 is 9.78. The standard InChI is InChI=1S/C21H20.C5H11OP/c1-15-14-16(2)21(19-12-8-5-9-13-19)17(3)20(15)18-10-6-4-7-11-18;1-2-3-4-5-7-6/h4-14H,1-3H3;2-5H2,1H3. The maximum Gasteiger partial charge on any atom is 0.155 e. The van der Waals surface area contributed by atoms with Crippen molar-refractivity contribution in [2.24, 2.45) is 0 Å². The van der Waals surface area contributed by atoms with Gasteiger partial charge in [0.2, 0.25) is 0 Å². The summed E-state index contributed by atoms with van der Waals surface area (Å²) in [6.45, 7) is 8.79. The molecule has 0 N–H and O–H groups in total. The van der Waals surface area contributed by atoms with Crippen LogP contribution in [0.1, 0.15) is 42.9 Å². The van der Waals surface area contributed by atoms with E-state index in [9.17, 15) is 4.57 Å². The second-order valence-electron chi connectivity index (χ2n) is 7.18. The smallest absolute Gasteiger partial charge is 0.155 e. The van der Waals surface area contributed by atoms with E-state index in [1.54, 1.807) is 0 Å². The summed E-state index contributed by atoms with van der Waals surface area (Å²) in [6.07, 6.45) is 4.39. The molecular formula is C26H31OP. The van der Waals surface area contributed by atoms with Crippen LogP contribution in [0.15, 0.2) is 66.7 Å². The first-order chi connectivity index (χ1) is 13.6. The Morgan fingerprint density at radius 2 is 1.18 bits per heavy atom. The van der Waals surface area contributed by atoms with E-state index < -0.39 is 0 Å². The maximum atomic E-state index is 9.78. The van der Waals surface area contributed by atoms with E-state index in [1.165, 1.54) is 51.8 Å². The Morgan fingerprint density at radius 1 is 0.714 bits per heavy atom. The molecular weight excluding hydrogens is 359 g/mol. The second kappa shape index (κ2) is 11.6. The summed E-state index contributed by atoms with van der Waals surface area (Å²) in [5, 5.41) is 0. The Morgan fingerprint density at radius 3 is 1.57 bits per heavy atom. The number of hydrogen-bond acceptors (Lipinski definition) is 1. The van der Waals surface area contributed by atoms with Gasteiger partial charge in [-0.3, -0.25) is 4.57 Å². The summed E-state index contributed by atoms with van der Waals surface area (Å²) >= 11 is 0. The molecule has 0 radical (unpaired) electrons. The Balaban J connectivity index is 0.000000345. The van der Waals surface area contributed by atoms with Crippen LogP contribution in [0.3, 0.4) is 0 Å². The minimum Gasteiger partial charge on any atom is -0.275 e. The third-order valence-corrected chi connectivity index (χ3v) is 5.45. The number of rotatable bonds is 6. The zero-order valence-corrected chi connectivity index (χ0v) is 18.4. The molecule has 3 rings (SSSR count). The van der Waals surface area contributed by atoms with Crippen LogP contribution in [-0.4, -0.2) is 6.16 Å².